The molecule has 0 aromatic heterocycles. The number of hydrogen-bond acceptors (Lipinski definition) is 2. The van der Waals surface area contributed by atoms with Gasteiger partial charge < -0.3 is 9.84 Å². The average Bonchev–Trinajstić information content (AvgIpc) is 2.24. The number of alkyl halides is 3. The highest BCUT2D eigenvalue weighted by molar-refractivity contribution is 5.85. The molecule has 0 aliphatic rings. The average molecular weight is 246 g/mol. The van der Waals surface area contributed by atoms with E-state index >= 15 is 0 Å². The standard InChI is InChI=1S/C11H9F3O3/c1-17-9-6-8(11(12,13)14)4-2-7(9)3-5-10(15)16/h2-6H,1H3,(H,15,16). The van der Waals surface area contributed by atoms with Crippen molar-refractivity contribution in [3.8, 4) is 5.75 Å². The molecule has 0 spiro atoms. The summed E-state index contributed by atoms with van der Waals surface area (Å²) < 4.78 is 41.9. The molecule has 0 heterocycles. The molecule has 0 unspecified atom stereocenters. The molecule has 17 heavy (non-hydrogen) atoms. The highest BCUT2D eigenvalue weighted by atomic mass is 19.4. The van der Waals surface area contributed by atoms with Gasteiger partial charge in [0, 0.05) is 11.6 Å². The number of aliphatic carboxylic acids is 1. The number of hydrogen-bond donors (Lipinski definition) is 1. The first-order valence-corrected chi connectivity index (χ1v) is 4.51. The minimum absolute atomic E-state index is 0.0303. The summed E-state index contributed by atoms with van der Waals surface area (Å²) in [5, 5.41) is 8.41. The zero-order chi connectivity index (χ0) is 13.1. The molecule has 0 saturated heterocycles. The Hall–Kier alpha value is -1.98. The van der Waals surface area contributed by atoms with E-state index in [4.69, 9.17) is 9.84 Å². The van der Waals surface area contributed by atoms with Crippen LogP contribution in [0.1, 0.15) is 11.1 Å². The molecule has 0 amide bonds. The van der Waals surface area contributed by atoms with Gasteiger partial charge in [0.05, 0.1) is 12.7 Å². The van der Waals surface area contributed by atoms with Crippen LogP contribution in [0.5, 0.6) is 5.75 Å². The summed E-state index contributed by atoms with van der Waals surface area (Å²) in [5.74, 6) is -1.22. The van der Waals surface area contributed by atoms with Crippen molar-refractivity contribution in [3.63, 3.8) is 0 Å². The van der Waals surface area contributed by atoms with E-state index in [9.17, 15) is 18.0 Å². The quantitative estimate of drug-likeness (QED) is 0.834. The number of benzene rings is 1. The highest BCUT2D eigenvalue weighted by Crippen LogP contribution is 2.33. The SMILES string of the molecule is COc1cc(C(F)(F)F)ccc1C=CC(=O)O. The van der Waals surface area contributed by atoms with Crippen LogP contribution in [-0.2, 0) is 11.0 Å². The lowest BCUT2D eigenvalue weighted by Gasteiger charge is -2.10. The minimum Gasteiger partial charge on any atom is -0.496 e. The van der Waals surface area contributed by atoms with Crippen molar-refractivity contribution in [2.24, 2.45) is 0 Å². The molecule has 92 valence electrons. The first-order valence-electron chi connectivity index (χ1n) is 4.51. The Bertz CT molecular complexity index is 450. The van der Waals surface area contributed by atoms with E-state index in [1.165, 1.54) is 13.2 Å². The van der Waals surface area contributed by atoms with Crippen molar-refractivity contribution in [2.45, 2.75) is 6.18 Å². The number of methoxy groups -OCH3 is 1. The number of ether oxygens (including phenoxy) is 1. The summed E-state index contributed by atoms with van der Waals surface area (Å²) in [6.07, 6.45) is -2.46. The molecular formula is C11H9F3O3. The van der Waals surface area contributed by atoms with Crippen molar-refractivity contribution in [1.29, 1.82) is 0 Å². The van der Waals surface area contributed by atoms with E-state index < -0.39 is 17.7 Å². The Labute approximate surface area is 95.1 Å². The van der Waals surface area contributed by atoms with E-state index in [-0.39, 0.29) is 11.3 Å². The van der Waals surface area contributed by atoms with Gasteiger partial charge in [-0.05, 0) is 18.2 Å². The predicted molar refractivity (Wildman–Crippen MR) is 54.7 cm³/mol. The lowest BCUT2D eigenvalue weighted by molar-refractivity contribution is -0.137. The van der Waals surface area contributed by atoms with E-state index in [1.54, 1.807) is 0 Å². The van der Waals surface area contributed by atoms with Crippen LogP contribution in [0, 0.1) is 0 Å². The van der Waals surface area contributed by atoms with Crippen LogP contribution in [-0.4, -0.2) is 18.2 Å². The Morgan fingerprint density at radius 2 is 2.06 bits per heavy atom. The molecule has 1 N–H and O–H groups in total. The molecule has 0 saturated carbocycles. The maximum Gasteiger partial charge on any atom is 0.416 e. The van der Waals surface area contributed by atoms with Crippen molar-refractivity contribution < 1.29 is 27.8 Å². The number of carbonyl (C=O) groups is 1. The largest absolute Gasteiger partial charge is 0.496 e. The van der Waals surface area contributed by atoms with Crippen molar-refractivity contribution in [2.75, 3.05) is 7.11 Å². The minimum atomic E-state index is -4.46. The topological polar surface area (TPSA) is 46.5 Å². The van der Waals surface area contributed by atoms with E-state index in [1.807, 2.05) is 0 Å². The summed E-state index contributed by atoms with van der Waals surface area (Å²) in [6.45, 7) is 0. The van der Waals surface area contributed by atoms with Gasteiger partial charge in [0.25, 0.3) is 0 Å². The molecule has 0 bridgehead atoms. The number of carboxylic acid groups (broad SMARTS) is 1. The second kappa shape index (κ2) is 4.90. The molecule has 0 radical (unpaired) electrons. The monoisotopic (exact) mass is 246 g/mol. The molecule has 0 aliphatic heterocycles. The van der Waals surface area contributed by atoms with Gasteiger partial charge in [0.2, 0.25) is 0 Å². The van der Waals surface area contributed by atoms with Crippen LogP contribution in [0.25, 0.3) is 6.08 Å². The zero-order valence-electron chi connectivity index (χ0n) is 8.78. The highest BCUT2D eigenvalue weighted by Gasteiger charge is 2.31. The van der Waals surface area contributed by atoms with Crippen molar-refractivity contribution in [3.05, 3.63) is 35.4 Å². The Balaban J connectivity index is 3.14. The second-order valence-corrected chi connectivity index (χ2v) is 3.13. The fourth-order valence-electron chi connectivity index (χ4n) is 1.19. The van der Waals surface area contributed by atoms with E-state index in [2.05, 4.69) is 0 Å². The normalized spacial score (nSPS) is 11.8. The molecule has 1 aromatic rings. The molecule has 6 heteroatoms. The third-order valence-corrected chi connectivity index (χ3v) is 1.97. The number of carboxylic acids is 1. The molecule has 3 nitrogen and oxygen atoms in total. The Morgan fingerprint density at radius 3 is 2.53 bits per heavy atom. The first kappa shape index (κ1) is 13.1. The molecule has 1 rings (SSSR count). The van der Waals surface area contributed by atoms with Crippen LogP contribution in [0.2, 0.25) is 0 Å². The van der Waals surface area contributed by atoms with Gasteiger partial charge in [-0.25, -0.2) is 4.79 Å². The lowest BCUT2D eigenvalue weighted by Crippen LogP contribution is -2.05. The molecule has 0 aliphatic carbocycles. The van der Waals surface area contributed by atoms with E-state index in [0.29, 0.717) is 0 Å². The molecular weight excluding hydrogens is 237 g/mol. The Kier molecular flexibility index (Phi) is 3.77. The van der Waals surface area contributed by atoms with Gasteiger partial charge in [0.15, 0.2) is 0 Å². The van der Waals surface area contributed by atoms with Crippen LogP contribution in [0.15, 0.2) is 24.3 Å². The van der Waals surface area contributed by atoms with Gasteiger partial charge in [-0.15, -0.1) is 0 Å². The summed E-state index contributed by atoms with van der Waals surface area (Å²) in [6, 6.07) is 2.84. The van der Waals surface area contributed by atoms with E-state index in [0.717, 1.165) is 24.3 Å². The second-order valence-electron chi connectivity index (χ2n) is 3.13. The predicted octanol–water partition coefficient (Wildman–Crippen LogP) is 2.81. The molecule has 1 aromatic carbocycles. The maximum absolute atomic E-state index is 12.4. The fraction of sp³-hybridized carbons (Fsp3) is 0.182. The third kappa shape index (κ3) is 3.51. The fourth-order valence-corrected chi connectivity index (χ4v) is 1.19. The molecule has 0 fully saturated rings. The van der Waals surface area contributed by atoms with Gasteiger partial charge in [-0.1, -0.05) is 6.07 Å². The summed E-state index contributed by atoms with van der Waals surface area (Å²) in [7, 11) is 1.22. The number of rotatable bonds is 3. The van der Waals surface area contributed by atoms with Gasteiger partial charge in [0.1, 0.15) is 5.75 Å². The van der Waals surface area contributed by atoms with Crippen LogP contribution in [0.3, 0.4) is 0 Å². The van der Waals surface area contributed by atoms with Gasteiger partial charge >= 0.3 is 12.1 Å². The number of halogens is 3. The Morgan fingerprint density at radius 1 is 1.41 bits per heavy atom. The van der Waals surface area contributed by atoms with Gasteiger partial charge in [-0.3, -0.25) is 0 Å². The van der Waals surface area contributed by atoms with Gasteiger partial charge in [-0.2, -0.15) is 13.2 Å². The summed E-state index contributed by atoms with van der Waals surface area (Å²) >= 11 is 0. The third-order valence-electron chi connectivity index (χ3n) is 1.97. The van der Waals surface area contributed by atoms with Crippen molar-refractivity contribution in [1.82, 2.24) is 0 Å². The lowest BCUT2D eigenvalue weighted by atomic mass is 10.1. The first-order chi connectivity index (χ1) is 7.84. The summed E-state index contributed by atoms with van der Waals surface area (Å²) in [4.78, 5) is 10.3. The van der Waals surface area contributed by atoms with Crippen LogP contribution < -0.4 is 4.74 Å². The summed E-state index contributed by atoms with van der Waals surface area (Å²) in [5.41, 5.74) is -0.579. The zero-order valence-corrected chi connectivity index (χ0v) is 8.78. The van der Waals surface area contributed by atoms with Crippen molar-refractivity contribution >= 4 is 12.0 Å². The smallest absolute Gasteiger partial charge is 0.416 e. The van der Waals surface area contributed by atoms with Crippen LogP contribution >= 0.6 is 0 Å². The molecule has 0 atom stereocenters. The van der Waals surface area contributed by atoms with Crippen LogP contribution in [0.4, 0.5) is 13.2 Å². The maximum atomic E-state index is 12.4.